The van der Waals surface area contributed by atoms with E-state index in [9.17, 15) is 4.79 Å². The lowest BCUT2D eigenvalue weighted by Gasteiger charge is -2.16. The standard InChI is InChI=1S/C22H20N4O3S/c1-26-20(18-9-6-14-29-18)24-25-22(26)30-19(15-7-4-3-5-8-15)21(27)23-16-10-12-17(28-2)13-11-16/h3-14,19H,1-2H3,(H,23,27). The molecule has 0 saturated carbocycles. The largest absolute Gasteiger partial charge is 0.497 e. The molecule has 0 aliphatic carbocycles. The van der Waals surface area contributed by atoms with E-state index in [1.807, 2.05) is 48.0 Å². The summed E-state index contributed by atoms with van der Waals surface area (Å²) in [6, 6.07) is 20.4. The number of methoxy groups -OCH3 is 1. The maximum Gasteiger partial charge on any atom is 0.242 e. The molecule has 2 heterocycles. The molecule has 1 atom stereocenters. The number of rotatable bonds is 7. The number of furan rings is 1. The van der Waals surface area contributed by atoms with Crippen molar-refractivity contribution in [2.45, 2.75) is 10.4 Å². The zero-order valence-electron chi connectivity index (χ0n) is 16.5. The van der Waals surface area contributed by atoms with Crippen LogP contribution in [0.2, 0.25) is 0 Å². The van der Waals surface area contributed by atoms with Gasteiger partial charge in [-0.25, -0.2) is 0 Å². The summed E-state index contributed by atoms with van der Waals surface area (Å²) >= 11 is 1.33. The Morgan fingerprint density at radius 2 is 1.83 bits per heavy atom. The number of nitrogens with one attached hydrogen (secondary N) is 1. The van der Waals surface area contributed by atoms with Crippen molar-refractivity contribution in [1.29, 1.82) is 0 Å². The van der Waals surface area contributed by atoms with Gasteiger partial charge in [-0.2, -0.15) is 0 Å². The van der Waals surface area contributed by atoms with Crippen molar-refractivity contribution < 1.29 is 13.9 Å². The highest BCUT2D eigenvalue weighted by Gasteiger charge is 2.25. The van der Waals surface area contributed by atoms with Crippen LogP contribution in [0.1, 0.15) is 10.8 Å². The smallest absolute Gasteiger partial charge is 0.242 e. The first kappa shape index (κ1) is 19.8. The van der Waals surface area contributed by atoms with Crippen molar-refractivity contribution in [2.75, 3.05) is 12.4 Å². The fourth-order valence-electron chi connectivity index (χ4n) is 2.93. The Labute approximate surface area is 178 Å². The van der Waals surface area contributed by atoms with Crippen LogP contribution in [0.25, 0.3) is 11.6 Å². The van der Waals surface area contributed by atoms with Gasteiger partial charge in [-0.1, -0.05) is 42.1 Å². The highest BCUT2D eigenvalue weighted by Crippen LogP contribution is 2.36. The summed E-state index contributed by atoms with van der Waals surface area (Å²) in [5, 5.41) is 11.6. The number of carbonyl (C=O) groups is 1. The first-order valence-corrected chi connectivity index (χ1v) is 10.1. The van der Waals surface area contributed by atoms with E-state index in [4.69, 9.17) is 9.15 Å². The van der Waals surface area contributed by atoms with Crippen molar-refractivity contribution in [3.63, 3.8) is 0 Å². The number of ether oxygens (including phenoxy) is 1. The van der Waals surface area contributed by atoms with Crippen LogP contribution in [0.15, 0.2) is 82.6 Å². The van der Waals surface area contributed by atoms with Crippen LogP contribution in [0.4, 0.5) is 5.69 Å². The number of amides is 1. The number of thioether (sulfide) groups is 1. The monoisotopic (exact) mass is 420 g/mol. The van der Waals surface area contributed by atoms with E-state index in [2.05, 4.69) is 15.5 Å². The third-order valence-corrected chi connectivity index (χ3v) is 5.79. The summed E-state index contributed by atoms with van der Waals surface area (Å²) in [5.74, 6) is 1.80. The first-order valence-electron chi connectivity index (χ1n) is 9.25. The normalized spacial score (nSPS) is 11.8. The second-order valence-corrected chi connectivity index (χ2v) is 7.54. The minimum atomic E-state index is -0.513. The maximum absolute atomic E-state index is 13.2. The number of aromatic nitrogens is 3. The quantitative estimate of drug-likeness (QED) is 0.442. The van der Waals surface area contributed by atoms with E-state index in [0.29, 0.717) is 22.4 Å². The summed E-state index contributed by atoms with van der Waals surface area (Å²) < 4.78 is 12.4. The van der Waals surface area contributed by atoms with Crippen LogP contribution in [-0.2, 0) is 11.8 Å². The molecule has 0 bridgehead atoms. The van der Waals surface area contributed by atoms with Crippen molar-refractivity contribution in [3.05, 3.63) is 78.6 Å². The van der Waals surface area contributed by atoms with E-state index < -0.39 is 5.25 Å². The van der Waals surface area contributed by atoms with Crippen LogP contribution >= 0.6 is 11.8 Å². The summed E-state index contributed by atoms with van der Waals surface area (Å²) in [6.45, 7) is 0. The maximum atomic E-state index is 13.2. The molecule has 0 aliphatic rings. The molecule has 30 heavy (non-hydrogen) atoms. The number of hydrogen-bond donors (Lipinski definition) is 1. The van der Waals surface area contributed by atoms with Gasteiger partial charge in [0.05, 0.1) is 13.4 Å². The lowest BCUT2D eigenvalue weighted by atomic mass is 10.1. The van der Waals surface area contributed by atoms with Crippen LogP contribution in [-0.4, -0.2) is 27.8 Å². The number of carbonyl (C=O) groups excluding carboxylic acids is 1. The molecule has 1 amide bonds. The van der Waals surface area contributed by atoms with Gasteiger partial charge in [0, 0.05) is 12.7 Å². The second-order valence-electron chi connectivity index (χ2n) is 6.47. The molecule has 2 aromatic heterocycles. The molecule has 4 aromatic rings. The van der Waals surface area contributed by atoms with Gasteiger partial charge in [0.2, 0.25) is 5.91 Å². The Kier molecular flexibility index (Phi) is 5.85. The second kappa shape index (κ2) is 8.87. The minimum absolute atomic E-state index is 0.154. The molecule has 7 nitrogen and oxygen atoms in total. The molecule has 4 rings (SSSR count). The fraction of sp³-hybridized carbons (Fsp3) is 0.136. The Morgan fingerprint density at radius 3 is 2.50 bits per heavy atom. The van der Waals surface area contributed by atoms with Crippen LogP contribution in [0.5, 0.6) is 5.75 Å². The predicted molar refractivity (Wildman–Crippen MR) is 115 cm³/mol. The zero-order chi connectivity index (χ0) is 20.9. The molecule has 152 valence electrons. The number of benzene rings is 2. The average molecular weight is 420 g/mol. The van der Waals surface area contributed by atoms with E-state index in [1.165, 1.54) is 11.8 Å². The SMILES string of the molecule is COc1ccc(NC(=O)C(Sc2nnc(-c3ccco3)n2C)c2ccccc2)cc1. The molecule has 0 spiro atoms. The van der Waals surface area contributed by atoms with E-state index in [1.54, 1.807) is 43.7 Å². The fourth-order valence-corrected chi connectivity index (χ4v) is 3.93. The van der Waals surface area contributed by atoms with Gasteiger partial charge in [-0.15, -0.1) is 10.2 Å². The van der Waals surface area contributed by atoms with E-state index >= 15 is 0 Å². The molecular formula is C22H20N4O3S. The van der Waals surface area contributed by atoms with Crippen molar-refractivity contribution in [3.8, 4) is 17.3 Å². The Hall–Kier alpha value is -3.52. The number of nitrogens with zero attached hydrogens (tertiary/aromatic N) is 3. The van der Waals surface area contributed by atoms with Crippen molar-refractivity contribution >= 4 is 23.4 Å². The number of anilines is 1. The predicted octanol–water partition coefficient (Wildman–Crippen LogP) is 4.56. The lowest BCUT2D eigenvalue weighted by Crippen LogP contribution is -2.19. The average Bonchev–Trinajstić information content (AvgIpc) is 3.43. The summed E-state index contributed by atoms with van der Waals surface area (Å²) in [4.78, 5) is 13.2. The Morgan fingerprint density at radius 1 is 1.07 bits per heavy atom. The van der Waals surface area contributed by atoms with Gasteiger partial charge in [-0.05, 0) is 42.0 Å². The van der Waals surface area contributed by atoms with Gasteiger partial charge >= 0.3 is 0 Å². The molecule has 2 aromatic carbocycles. The topological polar surface area (TPSA) is 82.2 Å². The van der Waals surface area contributed by atoms with E-state index in [-0.39, 0.29) is 5.91 Å². The lowest BCUT2D eigenvalue weighted by molar-refractivity contribution is -0.115. The van der Waals surface area contributed by atoms with E-state index in [0.717, 1.165) is 11.3 Å². The van der Waals surface area contributed by atoms with Crippen LogP contribution < -0.4 is 10.1 Å². The van der Waals surface area contributed by atoms with Gasteiger partial charge in [0.15, 0.2) is 16.7 Å². The van der Waals surface area contributed by atoms with Gasteiger partial charge in [0.1, 0.15) is 11.0 Å². The first-order chi connectivity index (χ1) is 14.7. The molecule has 8 heteroatoms. The molecular weight excluding hydrogens is 400 g/mol. The molecule has 0 fully saturated rings. The molecule has 0 radical (unpaired) electrons. The highest BCUT2D eigenvalue weighted by atomic mass is 32.2. The molecule has 1 N–H and O–H groups in total. The summed E-state index contributed by atoms with van der Waals surface area (Å²) in [7, 11) is 3.46. The highest BCUT2D eigenvalue weighted by molar-refractivity contribution is 8.00. The zero-order valence-corrected chi connectivity index (χ0v) is 17.3. The van der Waals surface area contributed by atoms with Gasteiger partial charge in [-0.3, -0.25) is 4.79 Å². The minimum Gasteiger partial charge on any atom is -0.497 e. The third-order valence-electron chi connectivity index (χ3n) is 4.50. The molecule has 0 aliphatic heterocycles. The third kappa shape index (κ3) is 4.23. The molecule has 0 saturated heterocycles. The van der Waals surface area contributed by atoms with Crippen LogP contribution in [0, 0.1) is 0 Å². The Balaban J connectivity index is 1.60. The molecule has 1 unspecified atom stereocenters. The van der Waals surface area contributed by atoms with Crippen molar-refractivity contribution in [1.82, 2.24) is 14.8 Å². The van der Waals surface area contributed by atoms with Gasteiger partial charge < -0.3 is 19.0 Å². The van der Waals surface area contributed by atoms with Crippen molar-refractivity contribution in [2.24, 2.45) is 7.05 Å². The Bertz CT molecular complexity index is 1110. The number of hydrogen-bond acceptors (Lipinski definition) is 6. The van der Waals surface area contributed by atoms with Crippen LogP contribution in [0.3, 0.4) is 0 Å². The summed E-state index contributed by atoms with van der Waals surface area (Å²) in [6.07, 6.45) is 1.59. The van der Waals surface area contributed by atoms with Gasteiger partial charge in [0.25, 0.3) is 0 Å². The summed E-state index contributed by atoms with van der Waals surface area (Å²) in [5.41, 5.74) is 1.56.